The lowest BCUT2D eigenvalue weighted by atomic mass is 10.0. The van der Waals surface area contributed by atoms with Gasteiger partial charge in [0.15, 0.2) is 10.6 Å². The summed E-state index contributed by atoms with van der Waals surface area (Å²) in [7, 11) is 0. The van der Waals surface area contributed by atoms with Crippen molar-refractivity contribution in [3.63, 3.8) is 0 Å². The normalized spacial score (nSPS) is 11.5. The Morgan fingerprint density at radius 2 is 1.58 bits per heavy atom. The van der Waals surface area contributed by atoms with E-state index in [0.717, 1.165) is 4.70 Å². The van der Waals surface area contributed by atoms with E-state index in [-0.39, 0.29) is 12.3 Å². The van der Waals surface area contributed by atoms with Gasteiger partial charge in [-0.05, 0) is 24.3 Å². The second-order valence-corrected chi connectivity index (χ2v) is 8.37. The quantitative estimate of drug-likeness (QED) is 0.290. The number of nitrogens with zero attached hydrogens (tertiary/aromatic N) is 2. The van der Waals surface area contributed by atoms with Crippen LogP contribution in [-0.2, 0) is 6.54 Å². The van der Waals surface area contributed by atoms with Gasteiger partial charge < -0.3 is 4.57 Å². The molecule has 0 spiro atoms. The molecule has 152 valence electrons. The Morgan fingerprint density at radius 1 is 0.935 bits per heavy atom. The molecule has 0 radical (unpaired) electrons. The molecule has 0 aliphatic heterocycles. The molecule has 1 heterocycles. The number of carbonyl (C=O) groups is 2. The maximum atomic E-state index is 12.8. The van der Waals surface area contributed by atoms with Gasteiger partial charge >= 0.3 is 0 Å². The number of halogens is 2. The number of rotatable bonds is 4. The lowest BCUT2D eigenvalue weighted by Gasteiger charge is -2.03. The number of benzene rings is 3. The molecule has 0 aliphatic carbocycles. The van der Waals surface area contributed by atoms with Crippen molar-refractivity contribution in [2.24, 2.45) is 4.99 Å². The van der Waals surface area contributed by atoms with Gasteiger partial charge in [0.05, 0.1) is 26.8 Å². The van der Waals surface area contributed by atoms with Gasteiger partial charge in [0.2, 0.25) is 0 Å². The van der Waals surface area contributed by atoms with Crippen molar-refractivity contribution in [2.75, 3.05) is 0 Å². The van der Waals surface area contributed by atoms with E-state index >= 15 is 0 Å². The number of ketones is 1. The summed E-state index contributed by atoms with van der Waals surface area (Å²) in [4.78, 5) is 30.0. The number of aromatic nitrogens is 1. The zero-order valence-corrected chi connectivity index (χ0v) is 18.3. The smallest absolute Gasteiger partial charge is 0.279 e. The fourth-order valence-electron chi connectivity index (χ4n) is 3.10. The van der Waals surface area contributed by atoms with Crippen LogP contribution in [0.15, 0.2) is 71.7 Å². The molecule has 0 saturated carbocycles. The highest BCUT2D eigenvalue weighted by Crippen LogP contribution is 2.32. The van der Waals surface area contributed by atoms with E-state index in [1.807, 2.05) is 12.1 Å². The first-order chi connectivity index (χ1) is 15.0. The molecule has 4 aromatic rings. The minimum Gasteiger partial charge on any atom is -0.303 e. The van der Waals surface area contributed by atoms with Crippen LogP contribution in [-0.4, -0.2) is 16.3 Å². The third kappa shape index (κ3) is 4.19. The Morgan fingerprint density at radius 3 is 2.26 bits per heavy atom. The number of hydrogen-bond acceptors (Lipinski definition) is 3. The lowest BCUT2D eigenvalue weighted by Crippen LogP contribution is -2.16. The molecule has 0 aliphatic rings. The lowest BCUT2D eigenvalue weighted by molar-refractivity contribution is 0.0994. The van der Waals surface area contributed by atoms with Crippen LogP contribution in [0, 0.1) is 12.3 Å². The number of fused-ring (bicyclic) bond motifs is 1. The van der Waals surface area contributed by atoms with Crippen LogP contribution in [0.25, 0.3) is 10.2 Å². The topological polar surface area (TPSA) is 51.4 Å². The molecule has 1 aromatic heterocycles. The summed E-state index contributed by atoms with van der Waals surface area (Å²) in [5.41, 5.74) is 2.08. The van der Waals surface area contributed by atoms with E-state index in [9.17, 15) is 9.59 Å². The Kier molecular flexibility index (Phi) is 6.06. The second kappa shape index (κ2) is 8.91. The Bertz CT molecular complexity index is 1410. The fraction of sp³-hybridized carbons (Fsp3) is 0.0417. The van der Waals surface area contributed by atoms with Crippen LogP contribution >= 0.6 is 34.5 Å². The van der Waals surface area contributed by atoms with Gasteiger partial charge in [0, 0.05) is 16.7 Å². The molecule has 3 aromatic carbocycles. The van der Waals surface area contributed by atoms with E-state index < -0.39 is 5.91 Å². The van der Waals surface area contributed by atoms with Crippen molar-refractivity contribution in [1.29, 1.82) is 0 Å². The molecule has 0 fully saturated rings. The molecule has 0 saturated heterocycles. The van der Waals surface area contributed by atoms with Crippen molar-refractivity contribution in [3.05, 3.63) is 98.3 Å². The van der Waals surface area contributed by atoms with Crippen LogP contribution in [0.3, 0.4) is 0 Å². The number of hydrogen-bond donors (Lipinski definition) is 0. The summed E-state index contributed by atoms with van der Waals surface area (Å²) in [6.45, 7) is 0.191. The summed E-state index contributed by atoms with van der Waals surface area (Å²) in [5.74, 6) is 2.00. The van der Waals surface area contributed by atoms with Crippen LogP contribution in [0.5, 0.6) is 0 Å². The molecule has 0 atom stereocenters. The van der Waals surface area contributed by atoms with Crippen molar-refractivity contribution >= 4 is 56.4 Å². The standard InChI is InChI=1S/C24H14Cl2N2O2S/c1-2-14-28-21-19(13-12-18(25)20(21)26)31-24(28)27-23(30)17-10-8-16(9-11-17)22(29)15-6-4-3-5-7-15/h1,3-13H,14H2. The Labute approximate surface area is 192 Å². The monoisotopic (exact) mass is 464 g/mol. The summed E-state index contributed by atoms with van der Waals surface area (Å²) in [5, 5.41) is 0.762. The van der Waals surface area contributed by atoms with Gasteiger partial charge in [0.25, 0.3) is 5.91 Å². The van der Waals surface area contributed by atoms with Gasteiger partial charge in [-0.25, -0.2) is 0 Å². The average molecular weight is 465 g/mol. The molecule has 1 amide bonds. The largest absolute Gasteiger partial charge is 0.303 e. The first kappa shape index (κ1) is 21.1. The fourth-order valence-corrected chi connectivity index (χ4v) is 4.61. The highest BCUT2D eigenvalue weighted by atomic mass is 35.5. The van der Waals surface area contributed by atoms with Crippen molar-refractivity contribution in [2.45, 2.75) is 6.54 Å². The first-order valence-corrected chi connectivity index (χ1v) is 10.8. The van der Waals surface area contributed by atoms with Gasteiger partial charge in [-0.1, -0.05) is 82.9 Å². The average Bonchev–Trinajstić information content (AvgIpc) is 3.14. The van der Waals surface area contributed by atoms with Crippen molar-refractivity contribution in [1.82, 2.24) is 4.57 Å². The number of terminal acetylenes is 1. The van der Waals surface area contributed by atoms with E-state index in [2.05, 4.69) is 10.9 Å². The van der Waals surface area contributed by atoms with Gasteiger partial charge in [-0.3, -0.25) is 9.59 Å². The maximum absolute atomic E-state index is 12.8. The summed E-state index contributed by atoms with van der Waals surface area (Å²) >= 11 is 13.8. The molecule has 4 rings (SSSR count). The molecule has 7 heteroatoms. The molecular formula is C24H14Cl2N2O2S. The Hall–Kier alpha value is -3.17. The number of amides is 1. The third-order valence-electron chi connectivity index (χ3n) is 4.61. The Balaban J connectivity index is 1.70. The van der Waals surface area contributed by atoms with Gasteiger partial charge in [0.1, 0.15) is 0 Å². The molecule has 0 unspecified atom stereocenters. The molecular weight excluding hydrogens is 451 g/mol. The maximum Gasteiger partial charge on any atom is 0.279 e. The highest BCUT2D eigenvalue weighted by Gasteiger charge is 2.14. The van der Waals surface area contributed by atoms with E-state index in [1.165, 1.54) is 11.3 Å². The van der Waals surface area contributed by atoms with Crippen LogP contribution in [0.2, 0.25) is 10.0 Å². The SMILES string of the molecule is C#CCn1c(=NC(=O)c2ccc(C(=O)c3ccccc3)cc2)sc2ccc(Cl)c(Cl)c21. The third-order valence-corrected chi connectivity index (χ3v) is 6.45. The predicted octanol–water partition coefficient (Wildman–Crippen LogP) is 5.61. The minimum atomic E-state index is -0.446. The zero-order chi connectivity index (χ0) is 22.0. The van der Waals surface area contributed by atoms with Gasteiger partial charge in [-0.2, -0.15) is 4.99 Å². The van der Waals surface area contributed by atoms with Crippen LogP contribution in [0.1, 0.15) is 26.3 Å². The molecule has 4 nitrogen and oxygen atoms in total. The van der Waals surface area contributed by atoms with E-state index in [4.69, 9.17) is 29.6 Å². The molecule has 0 bridgehead atoms. The highest BCUT2D eigenvalue weighted by molar-refractivity contribution is 7.16. The van der Waals surface area contributed by atoms with Crippen molar-refractivity contribution in [3.8, 4) is 12.3 Å². The summed E-state index contributed by atoms with van der Waals surface area (Å²) < 4.78 is 2.51. The molecule has 0 N–H and O–H groups in total. The minimum absolute atomic E-state index is 0.112. The van der Waals surface area contributed by atoms with Crippen LogP contribution < -0.4 is 4.80 Å². The summed E-state index contributed by atoms with van der Waals surface area (Å²) in [6.07, 6.45) is 5.50. The van der Waals surface area contributed by atoms with E-state index in [0.29, 0.717) is 37.1 Å². The second-order valence-electron chi connectivity index (χ2n) is 6.57. The van der Waals surface area contributed by atoms with E-state index in [1.54, 1.807) is 59.2 Å². The summed E-state index contributed by atoms with van der Waals surface area (Å²) in [6, 6.07) is 18.9. The zero-order valence-electron chi connectivity index (χ0n) is 16.0. The number of carbonyl (C=O) groups excluding carboxylic acids is 2. The van der Waals surface area contributed by atoms with Crippen LogP contribution in [0.4, 0.5) is 0 Å². The number of thiazole rings is 1. The molecule has 31 heavy (non-hydrogen) atoms. The first-order valence-electron chi connectivity index (χ1n) is 9.19. The predicted molar refractivity (Wildman–Crippen MR) is 125 cm³/mol. The van der Waals surface area contributed by atoms with Crippen molar-refractivity contribution < 1.29 is 9.59 Å². The van der Waals surface area contributed by atoms with Gasteiger partial charge in [-0.15, -0.1) is 6.42 Å².